The molecule has 0 spiro atoms. The summed E-state index contributed by atoms with van der Waals surface area (Å²) in [5.74, 6) is -0.500. The summed E-state index contributed by atoms with van der Waals surface area (Å²) in [5, 5.41) is 11.0. The molecule has 9 heteroatoms. The summed E-state index contributed by atoms with van der Waals surface area (Å²) in [4.78, 5) is 37.5. The molecule has 2 aliphatic rings. The topological polar surface area (TPSA) is 93.3 Å². The molecule has 1 N–H and O–H groups in total. The Hall–Kier alpha value is -4.76. The smallest absolute Gasteiger partial charge is 0.345 e. The Morgan fingerprint density at radius 2 is 1.74 bits per heavy atom. The number of amides is 1. The number of carbonyl (C=O) groups is 2. The third-order valence-corrected chi connectivity index (χ3v) is 11.2. The van der Waals surface area contributed by atoms with Crippen LogP contribution in [0.25, 0.3) is 49.3 Å². The molecular formula is C38H37N5O3S. The predicted molar refractivity (Wildman–Crippen MR) is 186 cm³/mol. The predicted octanol–water partition coefficient (Wildman–Crippen LogP) is 8.53. The molecule has 1 aliphatic carbocycles. The van der Waals surface area contributed by atoms with Crippen LogP contribution in [0.2, 0.25) is 0 Å². The highest BCUT2D eigenvalue weighted by Crippen LogP contribution is 2.47. The standard InChI is InChI=1S/C38H37N5O3S/c1-24-6-5-18-42(24)34(44)22-43-32-21-33(38(45)46)47-37(32)35(26-7-3-2-4-8-26)36(43)28-12-16-31-27(20-28)11-15-30(40-31)25-9-13-29(14-10-25)41-19-17-39-23-41/h9-17,19-21,23-24,26H,2-8,18,22H2,1H3,(H,45,46). The van der Waals surface area contributed by atoms with Gasteiger partial charge in [0.1, 0.15) is 11.4 Å². The molecule has 4 aromatic heterocycles. The quantitative estimate of drug-likeness (QED) is 0.188. The van der Waals surface area contributed by atoms with Gasteiger partial charge >= 0.3 is 5.97 Å². The molecule has 5 heterocycles. The second kappa shape index (κ2) is 12.1. The Bertz CT molecular complexity index is 2100. The maximum Gasteiger partial charge on any atom is 0.345 e. The first-order chi connectivity index (χ1) is 22.9. The third-order valence-electron chi connectivity index (χ3n) is 10.1. The number of likely N-dealkylation sites (tertiary alicyclic amines) is 1. The lowest BCUT2D eigenvalue weighted by Gasteiger charge is -2.25. The molecule has 2 fully saturated rings. The van der Waals surface area contributed by atoms with Gasteiger partial charge in [-0.2, -0.15) is 0 Å². The summed E-state index contributed by atoms with van der Waals surface area (Å²) in [5.41, 5.74) is 8.05. The first kappa shape index (κ1) is 29.6. The molecule has 1 aliphatic heterocycles. The van der Waals surface area contributed by atoms with Crippen molar-refractivity contribution in [2.45, 2.75) is 70.4 Å². The highest BCUT2D eigenvalue weighted by molar-refractivity contribution is 7.21. The minimum atomic E-state index is -0.919. The second-order valence-corrected chi connectivity index (χ2v) is 14.1. The molecule has 8 nitrogen and oxygen atoms in total. The van der Waals surface area contributed by atoms with Gasteiger partial charge in [-0.1, -0.05) is 43.5 Å². The van der Waals surface area contributed by atoms with Crippen LogP contribution in [-0.2, 0) is 11.3 Å². The molecule has 0 bridgehead atoms. The minimum Gasteiger partial charge on any atom is -0.477 e. The minimum absolute atomic E-state index is 0.0950. The number of hydrogen-bond acceptors (Lipinski definition) is 5. The van der Waals surface area contributed by atoms with E-state index < -0.39 is 5.97 Å². The molecule has 8 rings (SSSR count). The summed E-state index contributed by atoms with van der Waals surface area (Å²) in [7, 11) is 0. The van der Waals surface area contributed by atoms with Gasteiger partial charge in [-0.05, 0) is 86.1 Å². The van der Waals surface area contributed by atoms with Crippen molar-refractivity contribution in [2.75, 3.05) is 6.54 Å². The summed E-state index contributed by atoms with van der Waals surface area (Å²) in [6.07, 6.45) is 13.2. The van der Waals surface area contributed by atoms with E-state index in [4.69, 9.17) is 4.98 Å². The first-order valence-electron chi connectivity index (χ1n) is 16.6. The van der Waals surface area contributed by atoms with Crippen molar-refractivity contribution in [3.8, 4) is 28.2 Å². The van der Waals surface area contributed by atoms with Crippen LogP contribution in [0.15, 0.2) is 79.4 Å². The van der Waals surface area contributed by atoms with Crippen LogP contribution >= 0.6 is 11.3 Å². The summed E-state index contributed by atoms with van der Waals surface area (Å²) < 4.78 is 5.11. The van der Waals surface area contributed by atoms with Crippen LogP contribution < -0.4 is 0 Å². The molecule has 47 heavy (non-hydrogen) atoms. The largest absolute Gasteiger partial charge is 0.477 e. The van der Waals surface area contributed by atoms with Crippen molar-refractivity contribution in [1.29, 1.82) is 0 Å². The first-order valence-corrected chi connectivity index (χ1v) is 17.4. The zero-order valence-electron chi connectivity index (χ0n) is 26.4. The normalized spacial score (nSPS) is 17.2. The van der Waals surface area contributed by atoms with E-state index in [2.05, 4.69) is 71.1 Å². The average Bonchev–Trinajstić information content (AvgIpc) is 3.91. The van der Waals surface area contributed by atoms with Crippen LogP contribution in [0.4, 0.5) is 0 Å². The SMILES string of the molecule is CC1CCCN1C(=O)Cn1c(-c2ccc3nc(-c4ccc(-n5ccnc5)cc4)ccc3c2)c(C2CCCCC2)c2sc(C(=O)O)cc21. The number of thiophene rings is 1. The van der Waals surface area contributed by atoms with Gasteiger partial charge in [0.2, 0.25) is 5.91 Å². The zero-order chi connectivity index (χ0) is 32.1. The van der Waals surface area contributed by atoms with Gasteiger partial charge in [-0.25, -0.2) is 14.8 Å². The lowest BCUT2D eigenvalue weighted by Crippen LogP contribution is -2.36. The van der Waals surface area contributed by atoms with Crippen LogP contribution in [0, 0.1) is 0 Å². The number of aromatic carboxylic acids is 1. The van der Waals surface area contributed by atoms with Crippen molar-refractivity contribution >= 4 is 44.3 Å². The Balaban J connectivity index is 1.23. The number of carboxylic acid groups (broad SMARTS) is 1. The number of benzene rings is 2. The van der Waals surface area contributed by atoms with Crippen molar-refractivity contribution in [2.24, 2.45) is 0 Å². The fraction of sp³-hybridized carbons (Fsp3) is 0.316. The second-order valence-electron chi connectivity index (χ2n) is 13.0. The zero-order valence-corrected chi connectivity index (χ0v) is 27.2. The van der Waals surface area contributed by atoms with E-state index in [1.807, 2.05) is 15.7 Å². The maximum atomic E-state index is 13.8. The van der Waals surface area contributed by atoms with Crippen LogP contribution in [-0.4, -0.2) is 53.6 Å². The van der Waals surface area contributed by atoms with E-state index in [1.165, 1.54) is 23.3 Å². The van der Waals surface area contributed by atoms with Gasteiger partial charge in [-0.15, -0.1) is 11.3 Å². The van der Waals surface area contributed by atoms with E-state index in [1.54, 1.807) is 18.6 Å². The number of nitrogens with zero attached hydrogens (tertiary/aromatic N) is 5. The van der Waals surface area contributed by atoms with Gasteiger partial charge in [0.05, 0.1) is 33.4 Å². The van der Waals surface area contributed by atoms with Gasteiger partial charge < -0.3 is 19.1 Å². The van der Waals surface area contributed by atoms with Crippen LogP contribution in [0.3, 0.4) is 0 Å². The van der Waals surface area contributed by atoms with E-state index in [0.29, 0.717) is 10.8 Å². The highest BCUT2D eigenvalue weighted by atomic mass is 32.1. The number of fused-ring (bicyclic) bond motifs is 2. The molecule has 2 aromatic carbocycles. The third kappa shape index (κ3) is 5.42. The van der Waals surface area contributed by atoms with Crippen molar-refractivity contribution in [3.63, 3.8) is 0 Å². The molecular weight excluding hydrogens is 607 g/mol. The molecule has 0 radical (unpaired) electrons. The number of aromatic nitrogens is 4. The van der Waals surface area contributed by atoms with Crippen molar-refractivity contribution in [3.05, 3.63) is 89.8 Å². The highest BCUT2D eigenvalue weighted by Gasteiger charge is 2.32. The molecule has 1 saturated carbocycles. The lowest BCUT2D eigenvalue weighted by molar-refractivity contribution is -0.132. The molecule has 1 amide bonds. The molecule has 1 unspecified atom stereocenters. The van der Waals surface area contributed by atoms with E-state index in [-0.39, 0.29) is 18.5 Å². The fourth-order valence-electron chi connectivity index (χ4n) is 7.68. The number of pyridine rings is 1. The Labute approximate surface area is 277 Å². The number of carbonyl (C=O) groups excluding carboxylic acids is 1. The summed E-state index contributed by atoms with van der Waals surface area (Å²) in [6, 6.07) is 20.9. The van der Waals surface area contributed by atoms with Gasteiger partial charge in [0.25, 0.3) is 0 Å². The van der Waals surface area contributed by atoms with E-state index in [0.717, 1.165) is 94.4 Å². The number of imidazole rings is 1. The average molecular weight is 644 g/mol. The molecule has 6 aromatic rings. The van der Waals surface area contributed by atoms with Gasteiger partial charge in [-0.3, -0.25) is 4.79 Å². The number of carboxylic acids is 1. The van der Waals surface area contributed by atoms with E-state index >= 15 is 0 Å². The van der Waals surface area contributed by atoms with Crippen molar-refractivity contribution < 1.29 is 14.7 Å². The van der Waals surface area contributed by atoms with Crippen LogP contribution in [0.1, 0.15) is 73.0 Å². The van der Waals surface area contributed by atoms with Crippen LogP contribution in [0.5, 0.6) is 0 Å². The molecule has 1 atom stereocenters. The molecule has 1 saturated heterocycles. The Morgan fingerprint density at radius 1 is 0.936 bits per heavy atom. The Kier molecular flexibility index (Phi) is 7.64. The van der Waals surface area contributed by atoms with Gasteiger partial charge in [0, 0.05) is 41.6 Å². The fourth-order valence-corrected chi connectivity index (χ4v) is 8.80. The molecule has 238 valence electrons. The monoisotopic (exact) mass is 643 g/mol. The van der Waals surface area contributed by atoms with Gasteiger partial charge in [0.15, 0.2) is 0 Å². The van der Waals surface area contributed by atoms with E-state index in [9.17, 15) is 14.7 Å². The maximum absolute atomic E-state index is 13.8. The Morgan fingerprint density at radius 3 is 2.47 bits per heavy atom. The summed E-state index contributed by atoms with van der Waals surface area (Å²) in [6.45, 7) is 3.09. The number of hydrogen-bond donors (Lipinski definition) is 1. The number of rotatable bonds is 7. The van der Waals surface area contributed by atoms with Crippen molar-refractivity contribution in [1.82, 2.24) is 24.0 Å². The lowest BCUT2D eigenvalue weighted by atomic mass is 9.83. The summed E-state index contributed by atoms with van der Waals surface area (Å²) >= 11 is 1.36.